The lowest BCUT2D eigenvalue weighted by Gasteiger charge is -2.27. The Kier molecular flexibility index (Phi) is 6.57. The molecular weight excluding hydrogens is 286 g/mol. The fraction of sp³-hybridized carbons (Fsp3) is 0.250. The van der Waals surface area contributed by atoms with E-state index in [-0.39, 0.29) is 12.0 Å². The van der Waals surface area contributed by atoms with Crippen LogP contribution in [0, 0.1) is 0 Å². The lowest BCUT2D eigenvalue weighted by molar-refractivity contribution is -0.134. The zero-order chi connectivity index (χ0) is 16.5. The summed E-state index contributed by atoms with van der Waals surface area (Å²) in [5.41, 5.74) is 2.50. The van der Waals surface area contributed by atoms with Crippen LogP contribution in [-0.2, 0) is 22.6 Å². The lowest BCUT2D eigenvalue weighted by Crippen LogP contribution is -2.31. The van der Waals surface area contributed by atoms with Crippen LogP contribution >= 0.6 is 0 Å². The normalized spacial score (nSPS) is 12.5. The standard InChI is InChI=1S/C20H23NO2/c1-17(13-14-20(22)23-2)21(15-18-9-5-3-6-10-18)16-19-11-7-4-8-12-19/h3-14,17H,15-16H2,1-2H3/b14-13+. The Morgan fingerprint density at radius 3 is 1.91 bits per heavy atom. The van der Waals surface area contributed by atoms with Crippen LogP contribution in [0.4, 0.5) is 0 Å². The molecule has 0 aromatic heterocycles. The number of hydrogen-bond acceptors (Lipinski definition) is 3. The number of hydrogen-bond donors (Lipinski definition) is 0. The van der Waals surface area contributed by atoms with Gasteiger partial charge in [0.15, 0.2) is 0 Å². The molecule has 0 fully saturated rings. The first-order valence-electron chi connectivity index (χ1n) is 7.77. The van der Waals surface area contributed by atoms with E-state index in [4.69, 9.17) is 0 Å². The minimum atomic E-state index is -0.323. The van der Waals surface area contributed by atoms with E-state index in [1.807, 2.05) is 42.5 Å². The molecule has 0 aliphatic rings. The van der Waals surface area contributed by atoms with E-state index in [2.05, 4.69) is 40.8 Å². The molecule has 3 nitrogen and oxygen atoms in total. The third-order valence-electron chi connectivity index (χ3n) is 3.74. The molecule has 1 unspecified atom stereocenters. The van der Waals surface area contributed by atoms with Gasteiger partial charge in [0.2, 0.25) is 0 Å². The van der Waals surface area contributed by atoms with Gasteiger partial charge in [-0.25, -0.2) is 4.79 Å². The molecule has 0 spiro atoms. The van der Waals surface area contributed by atoms with Gasteiger partial charge in [-0.1, -0.05) is 66.7 Å². The zero-order valence-corrected chi connectivity index (χ0v) is 13.7. The lowest BCUT2D eigenvalue weighted by atomic mass is 10.1. The van der Waals surface area contributed by atoms with E-state index in [1.165, 1.54) is 24.3 Å². The fourth-order valence-corrected chi connectivity index (χ4v) is 2.39. The van der Waals surface area contributed by atoms with Gasteiger partial charge in [-0.05, 0) is 18.1 Å². The smallest absolute Gasteiger partial charge is 0.330 e. The van der Waals surface area contributed by atoms with Crippen LogP contribution in [0.2, 0.25) is 0 Å². The predicted octanol–water partition coefficient (Wildman–Crippen LogP) is 3.81. The SMILES string of the molecule is COC(=O)/C=C/C(C)N(Cc1ccccc1)Cc1ccccc1. The summed E-state index contributed by atoms with van der Waals surface area (Å²) in [6.07, 6.45) is 3.38. The molecular formula is C20H23NO2. The van der Waals surface area contributed by atoms with E-state index in [9.17, 15) is 4.79 Å². The molecule has 120 valence electrons. The maximum Gasteiger partial charge on any atom is 0.330 e. The van der Waals surface area contributed by atoms with Crippen molar-refractivity contribution in [2.24, 2.45) is 0 Å². The van der Waals surface area contributed by atoms with Crippen molar-refractivity contribution in [3.05, 3.63) is 83.9 Å². The number of benzene rings is 2. The van der Waals surface area contributed by atoms with Crippen LogP contribution in [0.5, 0.6) is 0 Å². The van der Waals surface area contributed by atoms with Crippen LogP contribution < -0.4 is 0 Å². The van der Waals surface area contributed by atoms with Gasteiger partial charge in [-0.3, -0.25) is 4.90 Å². The Labute approximate surface area is 138 Å². The highest BCUT2D eigenvalue weighted by atomic mass is 16.5. The summed E-state index contributed by atoms with van der Waals surface area (Å²) in [4.78, 5) is 13.7. The summed E-state index contributed by atoms with van der Waals surface area (Å²) in [5, 5.41) is 0. The minimum absolute atomic E-state index is 0.120. The monoisotopic (exact) mass is 309 g/mol. The summed E-state index contributed by atoms with van der Waals surface area (Å²) >= 11 is 0. The molecule has 0 heterocycles. The second-order valence-corrected chi connectivity index (χ2v) is 5.50. The molecule has 0 aliphatic carbocycles. The second-order valence-electron chi connectivity index (χ2n) is 5.50. The number of carbonyl (C=O) groups excluding carboxylic acids is 1. The van der Waals surface area contributed by atoms with Crippen LogP contribution in [0.25, 0.3) is 0 Å². The van der Waals surface area contributed by atoms with Gasteiger partial charge in [0.25, 0.3) is 0 Å². The van der Waals surface area contributed by atoms with Crippen LogP contribution in [0.1, 0.15) is 18.1 Å². The summed E-state index contributed by atoms with van der Waals surface area (Å²) in [6, 6.07) is 20.8. The first-order valence-corrected chi connectivity index (χ1v) is 7.77. The average molecular weight is 309 g/mol. The molecule has 2 rings (SSSR count). The Morgan fingerprint density at radius 1 is 1.00 bits per heavy atom. The maximum atomic E-state index is 11.3. The third kappa shape index (κ3) is 5.72. The molecule has 23 heavy (non-hydrogen) atoms. The van der Waals surface area contributed by atoms with E-state index < -0.39 is 0 Å². The Hall–Kier alpha value is -2.39. The van der Waals surface area contributed by atoms with Gasteiger partial charge < -0.3 is 4.74 Å². The number of rotatable bonds is 7. The molecule has 0 radical (unpaired) electrons. The molecule has 0 saturated carbocycles. The van der Waals surface area contributed by atoms with Gasteiger partial charge in [0.05, 0.1) is 7.11 Å². The highest BCUT2D eigenvalue weighted by molar-refractivity contribution is 5.81. The molecule has 2 aromatic rings. The van der Waals surface area contributed by atoms with Crippen molar-refractivity contribution in [2.75, 3.05) is 7.11 Å². The predicted molar refractivity (Wildman–Crippen MR) is 92.7 cm³/mol. The van der Waals surface area contributed by atoms with E-state index in [1.54, 1.807) is 0 Å². The van der Waals surface area contributed by atoms with Gasteiger partial charge >= 0.3 is 5.97 Å². The average Bonchev–Trinajstić information content (AvgIpc) is 2.60. The number of esters is 1. The highest BCUT2D eigenvalue weighted by Crippen LogP contribution is 2.14. The number of nitrogens with zero attached hydrogens (tertiary/aromatic N) is 1. The molecule has 0 bridgehead atoms. The molecule has 0 amide bonds. The topological polar surface area (TPSA) is 29.5 Å². The molecule has 0 N–H and O–H groups in total. The summed E-state index contributed by atoms with van der Waals surface area (Å²) in [5.74, 6) is -0.323. The Bertz CT molecular complexity index is 581. The number of methoxy groups -OCH3 is 1. The van der Waals surface area contributed by atoms with Crippen molar-refractivity contribution in [2.45, 2.75) is 26.1 Å². The van der Waals surface area contributed by atoms with Crippen LogP contribution in [-0.4, -0.2) is 24.0 Å². The van der Waals surface area contributed by atoms with E-state index in [0.29, 0.717) is 0 Å². The number of carbonyl (C=O) groups is 1. The molecule has 2 aromatic carbocycles. The largest absolute Gasteiger partial charge is 0.466 e. The maximum absolute atomic E-state index is 11.3. The van der Waals surface area contributed by atoms with Crippen LogP contribution in [0.3, 0.4) is 0 Å². The second kappa shape index (κ2) is 8.91. The van der Waals surface area contributed by atoms with E-state index in [0.717, 1.165) is 13.1 Å². The van der Waals surface area contributed by atoms with Crippen molar-refractivity contribution in [3.63, 3.8) is 0 Å². The highest BCUT2D eigenvalue weighted by Gasteiger charge is 2.13. The molecule has 3 heteroatoms. The summed E-state index contributed by atoms with van der Waals surface area (Å²) in [7, 11) is 1.39. The minimum Gasteiger partial charge on any atom is -0.466 e. The zero-order valence-electron chi connectivity index (χ0n) is 13.7. The van der Waals surface area contributed by atoms with E-state index >= 15 is 0 Å². The van der Waals surface area contributed by atoms with Crippen LogP contribution in [0.15, 0.2) is 72.8 Å². The van der Waals surface area contributed by atoms with Crippen molar-refractivity contribution < 1.29 is 9.53 Å². The molecule has 0 saturated heterocycles. The van der Waals surface area contributed by atoms with Gasteiger partial charge in [-0.15, -0.1) is 0 Å². The van der Waals surface area contributed by atoms with Gasteiger partial charge in [-0.2, -0.15) is 0 Å². The van der Waals surface area contributed by atoms with Crippen molar-refractivity contribution in [3.8, 4) is 0 Å². The van der Waals surface area contributed by atoms with Crippen molar-refractivity contribution >= 4 is 5.97 Å². The first-order chi connectivity index (χ1) is 11.2. The van der Waals surface area contributed by atoms with Crippen molar-refractivity contribution in [1.29, 1.82) is 0 Å². The number of ether oxygens (including phenoxy) is 1. The Balaban J connectivity index is 2.13. The fourth-order valence-electron chi connectivity index (χ4n) is 2.39. The third-order valence-corrected chi connectivity index (χ3v) is 3.74. The quantitative estimate of drug-likeness (QED) is 0.575. The Morgan fingerprint density at radius 2 is 1.48 bits per heavy atom. The summed E-state index contributed by atoms with van der Waals surface area (Å²) < 4.78 is 4.67. The first kappa shape index (κ1) is 17.0. The molecule has 1 atom stereocenters. The van der Waals surface area contributed by atoms with Gasteiger partial charge in [0.1, 0.15) is 0 Å². The summed E-state index contributed by atoms with van der Waals surface area (Å²) in [6.45, 7) is 3.73. The molecule has 0 aliphatic heterocycles. The van der Waals surface area contributed by atoms with Gasteiger partial charge in [0, 0.05) is 25.2 Å². The van der Waals surface area contributed by atoms with Crippen molar-refractivity contribution in [1.82, 2.24) is 4.90 Å².